The lowest BCUT2D eigenvalue weighted by Crippen LogP contribution is -1.85. The Kier molecular flexibility index (Phi) is 7.04. The van der Waals surface area contributed by atoms with Crippen LogP contribution in [0.3, 0.4) is 0 Å². The molecule has 4 nitrogen and oxygen atoms in total. The number of fused-ring (bicyclic) bond motifs is 12. The van der Waals surface area contributed by atoms with Gasteiger partial charge in [-0.05, 0) is 155 Å². The quantitative estimate of drug-likeness (QED) is 0.178. The van der Waals surface area contributed by atoms with Gasteiger partial charge in [-0.15, -0.1) is 0 Å². The van der Waals surface area contributed by atoms with Gasteiger partial charge in [-0.25, -0.2) is 0 Å². The molecule has 0 radical (unpaired) electrons. The van der Waals surface area contributed by atoms with Crippen molar-refractivity contribution >= 4 is 87.8 Å². The number of furan rings is 4. The minimum atomic E-state index is 0.853. The van der Waals surface area contributed by atoms with Gasteiger partial charge in [0.05, 0.1) is 0 Å². The van der Waals surface area contributed by atoms with Crippen LogP contribution in [0.2, 0.25) is 0 Å². The van der Waals surface area contributed by atoms with Crippen molar-refractivity contribution in [1.29, 1.82) is 0 Å². The van der Waals surface area contributed by atoms with E-state index < -0.39 is 0 Å². The van der Waals surface area contributed by atoms with Crippen LogP contribution in [0.5, 0.6) is 0 Å². The van der Waals surface area contributed by atoms with Crippen molar-refractivity contribution in [3.8, 4) is 44.5 Å². The molecule has 0 aliphatic rings. The lowest BCUT2D eigenvalue weighted by atomic mass is 9.94. The van der Waals surface area contributed by atoms with Gasteiger partial charge in [0.15, 0.2) is 0 Å². The van der Waals surface area contributed by atoms with Crippen LogP contribution in [0.25, 0.3) is 132 Å². The van der Waals surface area contributed by atoms with Crippen molar-refractivity contribution < 1.29 is 17.7 Å². The SMILES string of the molecule is Cc1cc2oc3c(C)c4c(cc3c2cc1-c1ccc2oc3ccc(-c5ccccc5)cc3c2c1)oc1cc(C)c(-c2ccc3oc5ccc(-c6ccccc6)cc5c3c2)cc14. The molecule has 13 rings (SSSR count). The summed E-state index contributed by atoms with van der Waals surface area (Å²) in [5.41, 5.74) is 19.7. The van der Waals surface area contributed by atoms with Crippen LogP contribution < -0.4 is 0 Å². The zero-order chi connectivity index (χ0) is 40.5. The summed E-state index contributed by atoms with van der Waals surface area (Å²) in [6.07, 6.45) is 0. The fourth-order valence-electron chi connectivity index (χ4n) is 9.81. The number of rotatable bonds is 4. The van der Waals surface area contributed by atoms with E-state index in [0.717, 1.165) is 127 Å². The monoisotopic (exact) mass is 784 g/mol. The van der Waals surface area contributed by atoms with Crippen molar-refractivity contribution in [2.24, 2.45) is 0 Å². The summed E-state index contributed by atoms with van der Waals surface area (Å²) in [5, 5.41) is 8.70. The lowest BCUT2D eigenvalue weighted by molar-refractivity contribution is 0.661. The average molecular weight is 785 g/mol. The first kappa shape index (κ1) is 34.1. The van der Waals surface area contributed by atoms with E-state index in [2.05, 4.69) is 172 Å². The van der Waals surface area contributed by atoms with Gasteiger partial charge in [0, 0.05) is 48.7 Å². The highest BCUT2D eigenvalue weighted by molar-refractivity contribution is 6.18. The third kappa shape index (κ3) is 5.12. The van der Waals surface area contributed by atoms with Crippen molar-refractivity contribution in [3.05, 3.63) is 180 Å². The predicted octanol–water partition coefficient (Wildman–Crippen LogP) is 16.9. The first-order valence-electron chi connectivity index (χ1n) is 20.8. The Labute approximate surface area is 349 Å². The molecule has 4 heterocycles. The lowest BCUT2D eigenvalue weighted by Gasteiger charge is -2.07. The summed E-state index contributed by atoms with van der Waals surface area (Å²) in [4.78, 5) is 0. The number of hydrogen-bond acceptors (Lipinski definition) is 4. The molecular weight excluding hydrogens is 749 g/mol. The predicted molar refractivity (Wildman–Crippen MR) is 252 cm³/mol. The Balaban J connectivity index is 0.930. The molecule has 0 unspecified atom stereocenters. The highest BCUT2D eigenvalue weighted by Gasteiger charge is 2.21. The molecule has 4 heteroatoms. The van der Waals surface area contributed by atoms with Crippen LogP contribution in [0, 0.1) is 20.8 Å². The maximum Gasteiger partial charge on any atom is 0.139 e. The van der Waals surface area contributed by atoms with Gasteiger partial charge in [-0.2, -0.15) is 0 Å². The van der Waals surface area contributed by atoms with E-state index in [1.54, 1.807) is 0 Å². The van der Waals surface area contributed by atoms with Gasteiger partial charge in [-0.1, -0.05) is 84.9 Å². The van der Waals surface area contributed by atoms with Crippen LogP contribution in [0.15, 0.2) is 181 Å². The van der Waals surface area contributed by atoms with Crippen LogP contribution >= 0.6 is 0 Å². The van der Waals surface area contributed by atoms with E-state index in [1.807, 2.05) is 12.1 Å². The molecule has 0 aliphatic heterocycles. The topological polar surface area (TPSA) is 52.6 Å². The largest absolute Gasteiger partial charge is 0.456 e. The zero-order valence-electron chi connectivity index (χ0n) is 33.7. The molecule has 0 atom stereocenters. The highest BCUT2D eigenvalue weighted by atomic mass is 16.3. The minimum absolute atomic E-state index is 0.853. The van der Waals surface area contributed by atoms with E-state index in [4.69, 9.17) is 17.7 Å². The van der Waals surface area contributed by atoms with E-state index in [0.29, 0.717) is 0 Å². The number of aryl methyl sites for hydroxylation is 3. The summed E-state index contributed by atoms with van der Waals surface area (Å²) < 4.78 is 26.1. The third-order valence-corrected chi connectivity index (χ3v) is 12.9. The molecule has 0 spiro atoms. The summed E-state index contributed by atoms with van der Waals surface area (Å²) in [6.45, 7) is 6.48. The molecule has 0 bridgehead atoms. The molecular formula is C57H36O4. The Bertz CT molecular complexity index is 3940. The summed E-state index contributed by atoms with van der Waals surface area (Å²) in [5.74, 6) is 0. The Morgan fingerprint density at radius 3 is 1.20 bits per heavy atom. The molecule has 0 saturated heterocycles. The van der Waals surface area contributed by atoms with E-state index >= 15 is 0 Å². The molecule has 0 fully saturated rings. The average Bonchev–Trinajstić information content (AvgIpc) is 4.05. The Hall–Kier alpha value is -7.82. The summed E-state index contributed by atoms with van der Waals surface area (Å²) in [7, 11) is 0. The van der Waals surface area contributed by atoms with E-state index in [1.165, 1.54) is 22.3 Å². The van der Waals surface area contributed by atoms with Gasteiger partial charge in [0.1, 0.15) is 44.7 Å². The molecule has 0 amide bonds. The van der Waals surface area contributed by atoms with Crippen molar-refractivity contribution in [2.75, 3.05) is 0 Å². The highest BCUT2D eigenvalue weighted by Crippen LogP contribution is 2.44. The number of benzene rings is 9. The number of hydrogen-bond donors (Lipinski definition) is 0. The molecule has 0 aliphatic carbocycles. The Morgan fingerprint density at radius 1 is 0.279 bits per heavy atom. The minimum Gasteiger partial charge on any atom is -0.456 e. The van der Waals surface area contributed by atoms with Crippen LogP contribution in [0.1, 0.15) is 16.7 Å². The Morgan fingerprint density at radius 2 is 0.689 bits per heavy atom. The zero-order valence-corrected chi connectivity index (χ0v) is 33.7. The fourth-order valence-corrected chi connectivity index (χ4v) is 9.81. The first-order valence-corrected chi connectivity index (χ1v) is 20.8. The molecule has 0 N–H and O–H groups in total. The maximum absolute atomic E-state index is 6.75. The van der Waals surface area contributed by atoms with Gasteiger partial charge in [0.2, 0.25) is 0 Å². The summed E-state index contributed by atoms with van der Waals surface area (Å²) >= 11 is 0. The van der Waals surface area contributed by atoms with Crippen LogP contribution in [0.4, 0.5) is 0 Å². The fraction of sp³-hybridized carbons (Fsp3) is 0.0526. The smallest absolute Gasteiger partial charge is 0.139 e. The first-order chi connectivity index (χ1) is 29.9. The second kappa shape index (κ2) is 12.6. The molecule has 4 aromatic heterocycles. The second-order valence-corrected chi connectivity index (χ2v) is 16.6. The molecule has 288 valence electrons. The van der Waals surface area contributed by atoms with E-state index in [-0.39, 0.29) is 0 Å². The van der Waals surface area contributed by atoms with Crippen molar-refractivity contribution in [3.63, 3.8) is 0 Å². The normalized spacial score (nSPS) is 12.2. The standard InChI is InChI=1S/C57H36O4/c1-31-22-53-46(28-40(31)38-16-20-51-44(26-38)42-24-36(14-18-49(42)58-51)34-10-6-4-7-11-34)47-30-55-56(33(3)57(47)61-53)48-29-41(32(2)23-54(48)60-55)39-17-21-52-45(27-39)43-25-37(15-19-50(43)59-52)35-12-8-5-9-13-35/h4-30H,1-3H3. The second-order valence-electron chi connectivity index (χ2n) is 16.6. The van der Waals surface area contributed by atoms with E-state index in [9.17, 15) is 0 Å². The van der Waals surface area contributed by atoms with Crippen molar-refractivity contribution in [1.82, 2.24) is 0 Å². The van der Waals surface area contributed by atoms with Gasteiger partial charge in [0.25, 0.3) is 0 Å². The van der Waals surface area contributed by atoms with Gasteiger partial charge < -0.3 is 17.7 Å². The van der Waals surface area contributed by atoms with Crippen molar-refractivity contribution in [2.45, 2.75) is 20.8 Å². The van der Waals surface area contributed by atoms with Crippen LogP contribution in [-0.4, -0.2) is 0 Å². The van der Waals surface area contributed by atoms with Gasteiger partial charge >= 0.3 is 0 Å². The molecule has 9 aromatic carbocycles. The summed E-state index contributed by atoms with van der Waals surface area (Å²) in [6, 6.07) is 58.1. The molecule has 13 aromatic rings. The van der Waals surface area contributed by atoms with Crippen LogP contribution in [-0.2, 0) is 0 Å². The molecule has 0 saturated carbocycles. The van der Waals surface area contributed by atoms with Gasteiger partial charge in [-0.3, -0.25) is 0 Å². The maximum atomic E-state index is 6.75. The third-order valence-electron chi connectivity index (χ3n) is 12.9. The molecule has 61 heavy (non-hydrogen) atoms.